The molecule has 0 bridgehead atoms. The van der Waals surface area contributed by atoms with Gasteiger partial charge in [-0.05, 0) is 36.4 Å². The number of nitrogens with one attached hydrogen (secondary N) is 2. The van der Waals surface area contributed by atoms with Crippen LogP contribution in [-0.4, -0.2) is 10.9 Å². The van der Waals surface area contributed by atoms with Crippen LogP contribution in [-0.2, 0) is 0 Å². The van der Waals surface area contributed by atoms with Crippen molar-refractivity contribution in [1.29, 1.82) is 5.26 Å². The summed E-state index contributed by atoms with van der Waals surface area (Å²) in [6, 6.07) is 13.4. The Morgan fingerprint density at radius 2 is 1.78 bits per heavy atom. The minimum absolute atomic E-state index is 0.225. The maximum absolute atomic E-state index is 13.7. The van der Waals surface area contributed by atoms with Gasteiger partial charge in [0.25, 0.3) is 5.91 Å². The van der Waals surface area contributed by atoms with E-state index in [1.54, 1.807) is 24.3 Å². The van der Waals surface area contributed by atoms with E-state index < -0.39 is 28.9 Å². The highest BCUT2D eigenvalue weighted by atomic mass is 19.2. The molecule has 0 atom stereocenters. The number of anilines is 3. The molecule has 0 saturated carbocycles. The van der Waals surface area contributed by atoms with Crippen LogP contribution in [0.1, 0.15) is 15.9 Å². The molecule has 0 aliphatic rings. The molecule has 1 heterocycles. The molecule has 0 unspecified atom stereocenters. The number of amides is 1. The normalized spacial score (nSPS) is 10.1. The summed E-state index contributed by atoms with van der Waals surface area (Å²) in [6.45, 7) is 0. The summed E-state index contributed by atoms with van der Waals surface area (Å²) in [5.41, 5.74) is 0.598. The first-order chi connectivity index (χ1) is 13.0. The molecule has 3 aromatic rings. The van der Waals surface area contributed by atoms with Gasteiger partial charge in [0.05, 0.1) is 28.7 Å². The number of hydrogen-bond donors (Lipinski definition) is 2. The average molecular weight is 368 g/mol. The zero-order valence-electron chi connectivity index (χ0n) is 13.6. The molecule has 0 spiro atoms. The molecule has 1 aromatic heterocycles. The summed E-state index contributed by atoms with van der Waals surface area (Å²) in [5.74, 6) is -5.18. The van der Waals surface area contributed by atoms with Gasteiger partial charge in [-0.15, -0.1) is 0 Å². The van der Waals surface area contributed by atoms with Crippen molar-refractivity contribution >= 4 is 23.1 Å². The van der Waals surface area contributed by atoms with Crippen molar-refractivity contribution in [2.75, 3.05) is 10.6 Å². The fourth-order valence-electron chi connectivity index (χ4n) is 2.27. The van der Waals surface area contributed by atoms with Crippen LogP contribution in [0.5, 0.6) is 0 Å². The van der Waals surface area contributed by atoms with Crippen LogP contribution < -0.4 is 10.6 Å². The number of benzene rings is 2. The maximum Gasteiger partial charge on any atom is 0.258 e. The molecule has 0 aliphatic carbocycles. The van der Waals surface area contributed by atoms with Crippen LogP contribution in [0.3, 0.4) is 0 Å². The van der Waals surface area contributed by atoms with Crippen molar-refractivity contribution in [2.45, 2.75) is 0 Å². The molecular formula is C19H11F3N4O. The first-order valence-electron chi connectivity index (χ1n) is 7.66. The van der Waals surface area contributed by atoms with E-state index in [1.165, 1.54) is 18.3 Å². The smallest absolute Gasteiger partial charge is 0.258 e. The van der Waals surface area contributed by atoms with E-state index >= 15 is 0 Å². The lowest BCUT2D eigenvalue weighted by molar-refractivity contribution is 0.102. The number of nitriles is 1. The van der Waals surface area contributed by atoms with Gasteiger partial charge in [0.1, 0.15) is 11.9 Å². The summed E-state index contributed by atoms with van der Waals surface area (Å²) >= 11 is 0. The zero-order chi connectivity index (χ0) is 19.4. The molecule has 0 fully saturated rings. The Morgan fingerprint density at radius 1 is 1.00 bits per heavy atom. The van der Waals surface area contributed by atoms with E-state index in [9.17, 15) is 18.0 Å². The molecule has 0 radical (unpaired) electrons. The molecule has 0 aliphatic heterocycles. The Hall–Kier alpha value is -3.86. The number of carbonyl (C=O) groups is 1. The van der Waals surface area contributed by atoms with Gasteiger partial charge in [-0.25, -0.2) is 18.2 Å². The fourth-order valence-corrected chi connectivity index (χ4v) is 2.27. The number of para-hydroxylation sites is 1. The van der Waals surface area contributed by atoms with Crippen LogP contribution in [0.2, 0.25) is 0 Å². The third-order valence-corrected chi connectivity index (χ3v) is 3.61. The number of halogens is 3. The zero-order valence-corrected chi connectivity index (χ0v) is 13.6. The fraction of sp³-hybridized carbons (Fsp3) is 0. The maximum atomic E-state index is 13.7. The van der Waals surface area contributed by atoms with Gasteiger partial charge in [0.15, 0.2) is 17.5 Å². The second-order valence-corrected chi connectivity index (χ2v) is 5.39. The molecule has 5 nitrogen and oxygen atoms in total. The van der Waals surface area contributed by atoms with Crippen LogP contribution >= 0.6 is 0 Å². The first kappa shape index (κ1) is 17.9. The van der Waals surface area contributed by atoms with Crippen molar-refractivity contribution in [2.24, 2.45) is 0 Å². The Balaban J connectivity index is 1.74. The number of rotatable bonds is 4. The van der Waals surface area contributed by atoms with E-state index in [-0.39, 0.29) is 5.69 Å². The summed E-state index contributed by atoms with van der Waals surface area (Å²) in [4.78, 5) is 16.1. The van der Waals surface area contributed by atoms with E-state index in [1.807, 2.05) is 6.07 Å². The highest BCUT2D eigenvalue weighted by molar-refractivity contribution is 6.04. The van der Waals surface area contributed by atoms with Gasteiger partial charge in [0.2, 0.25) is 0 Å². The monoisotopic (exact) mass is 368 g/mol. The molecule has 8 heteroatoms. The second kappa shape index (κ2) is 7.58. The van der Waals surface area contributed by atoms with Crippen molar-refractivity contribution in [3.63, 3.8) is 0 Å². The van der Waals surface area contributed by atoms with Gasteiger partial charge in [0, 0.05) is 0 Å². The van der Waals surface area contributed by atoms with Crippen LogP contribution in [0.15, 0.2) is 54.7 Å². The van der Waals surface area contributed by atoms with Crippen LogP contribution in [0.4, 0.5) is 30.4 Å². The summed E-state index contributed by atoms with van der Waals surface area (Å²) in [7, 11) is 0. The number of carbonyl (C=O) groups excluding carboxylic acids is 1. The van der Waals surface area contributed by atoms with E-state index in [0.717, 1.165) is 6.07 Å². The minimum atomic E-state index is -1.71. The molecule has 3 rings (SSSR count). The van der Waals surface area contributed by atoms with Crippen molar-refractivity contribution in [3.05, 3.63) is 83.3 Å². The number of hydrogen-bond acceptors (Lipinski definition) is 4. The lowest BCUT2D eigenvalue weighted by Gasteiger charge is -2.09. The standard InChI is InChI=1S/C19H11F3N4O/c20-14-7-6-13(17(21)18(14)22)19(27)25-12-5-8-16(24-10-12)26-15-4-2-1-3-11(15)9-23/h1-8,10H,(H,24,26)(H,25,27). The largest absolute Gasteiger partial charge is 0.339 e. The van der Waals surface area contributed by atoms with Gasteiger partial charge in [-0.3, -0.25) is 4.79 Å². The van der Waals surface area contributed by atoms with Crippen molar-refractivity contribution < 1.29 is 18.0 Å². The number of aromatic nitrogens is 1. The SMILES string of the molecule is N#Cc1ccccc1Nc1ccc(NC(=O)c2ccc(F)c(F)c2F)cn1. The Morgan fingerprint density at radius 3 is 2.48 bits per heavy atom. The topological polar surface area (TPSA) is 77.8 Å². The van der Waals surface area contributed by atoms with Gasteiger partial charge in [-0.2, -0.15) is 5.26 Å². The molecule has 27 heavy (non-hydrogen) atoms. The van der Waals surface area contributed by atoms with Crippen molar-refractivity contribution in [1.82, 2.24) is 4.98 Å². The Labute approximate surface area is 152 Å². The van der Waals surface area contributed by atoms with E-state index in [0.29, 0.717) is 23.1 Å². The molecule has 134 valence electrons. The van der Waals surface area contributed by atoms with Gasteiger partial charge < -0.3 is 10.6 Å². The molecule has 1 amide bonds. The highest BCUT2D eigenvalue weighted by Crippen LogP contribution is 2.21. The van der Waals surface area contributed by atoms with E-state index in [2.05, 4.69) is 15.6 Å². The first-order valence-corrected chi connectivity index (χ1v) is 7.66. The van der Waals surface area contributed by atoms with E-state index in [4.69, 9.17) is 5.26 Å². The number of nitrogens with zero attached hydrogens (tertiary/aromatic N) is 2. The molecule has 2 N–H and O–H groups in total. The van der Waals surface area contributed by atoms with Crippen LogP contribution in [0.25, 0.3) is 0 Å². The Bertz CT molecular complexity index is 1050. The predicted octanol–water partition coefficient (Wildman–Crippen LogP) is 4.37. The third kappa shape index (κ3) is 3.88. The molecule has 2 aromatic carbocycles. The van der Waals surface area contributed by atoms with Gasteiger partial charge >= 0.3 is 0 Å². The summed E-state index contributed by atoms with van der Waals surface area (Å²) in [6.07, 6.45) is 1.30. The minimum Gasteiger partial charge on any atom is -0.339 e. The lowest BCUT2D eigenvalue weighted by Crippen LogP contribution is -2.15. The lowest BCUT2D eigenvalue weighted by atomic mass is 10.2. The summed E-state index contributed by atoms with van der Waals surface area (Å²) < 4.78 is 39.8. The van der Waals surface area contributed by atoms with Crippen LogP contribution in [0, 0.1) is 28.8 Å². The highest BCUT2D eigenvalue weighted by Gasteiger charge is 2.19. The Kier molecular flexibility index (Phi) is 5.04. The average Bonchev–Trinajstić information content (AvgIpc) is 2.68. The summed E-state index contributed by atoms with van der Waals surface area (Å²) in [5, 5.41) is 14.4. The van der Waals surface area contributed by atoms with Crippen molar-refractivity contribution in [3.8, 4) is 6.07 Å². The second-order valence-electron chi connectivity index (χ2n) is 5.39. The molecule has 0 saturated heterocycles. The predicted molar refractivity (Wildman–Crippen MR) is 92.9 cm³/mol. The molecular weight excluding hydrogens is 357 g/mol. The number of pyridine rings is 1. The van der Waals surface area contributed by atoms with Gasteiger partial charge in [-0.1, -0.05) is 12.1 Å². The third-order valence-electron chi connectivity index (χ3n) is 3.61. The quantitative estimate of drug-likeness (QED) is 0.671.